The van der Waals surface area contributed by atoms with Gasteiger partial charge in [0.15, 0.2) is 0 Å². The van der Waals surface area contributed by atoms with E-state index >= 15 is 0 Å². The van der Waals surface area contributed by atoms with Gasteiger partial charge in [0.1, 0.15) is 24.4 Å². The van der Waals surface area contributed by atoms with E-state index in [1.54, 1.807) is 0 Å². The molecule has 2 aliphatic heterocycles. The Kier molecular flexibility index (Phi) is 5.26. The Balaban J connectivity index is 1.66. The van der Waals surface area contributed by atoms with Gasteiger partial charge < -0.3 is 29.9 Å². The van der Waals surface area contributed by atoms with Gasteiger partial charge in [0, 0.05) is 5.56 Å². The molecule has 1 saturated heterocycles. The van der Waals surface area contributed by atoms with Crippen molar-refractivity contribution in [3.8, 4) is 0 Å². The van der Waals surface area contributed by atoms with Crippen LogP contribution < -0.4 is 0 Å². The number of ether oxygens (including phenoxy) is 2. The molecule has 28 heavy (non-hydrogen) atoms. The molecule has 0 amide bonds. The van der Waals surface area contributed by atoms with Crippen molar-refractivity contribution in [1.29, 1.82) is 0 Å². The highest BCUT2D eigenvalue weighted by Gasteiger charge is 2.58. The van der Waals surface area contributed by atoms with Crippen LogP contribution in [-0.2, 0) is 34.7 Å². The molecule has 4 N–H and O–H groups in total. The number of benzene rings is 2. The van der Waals surface area contributed by atoms with Crippen LogP contribution in [0.5, 0.6) is 0 Å². The highest BCUT2D eigenvalue weighted by Crippen LogP contribution is 2.46. The molecule has 2 heterocycles. The first-order valence-electron chi connectivity index (χ1n) is 9.65. The summed E-state index contributed by atoms with van der Waals surface area (Å²) in [6.45, 7) is 1.85. The Bertz CT molecular complexity index is 833. The number of aliphatic hydroxyl groups is 4. The first-order valence-corrected chi connectivity index (χ1v) is 9.65. The zero-order valence-corrected chi connectivity index (χ0v) is 15.8. The van der Waals surface area contributed by atoms with Crippen molar-refractivity contribution >= 4 is 0 Å². The summed E-state index contributed by atoms with van der Waals surface area (Å²) in [7, 11) is 0. The van der Waals surface area contributed by atoms with Crippen LogP contribution in [0.1, 0.15) is 34.7 Å². The van der Waals surface area contributed by atoms with Crippen LogP contribution in [0.2, 0.25) is 0 Å². The first kappa shape index (κ1) is 19.5. The molecule has 6 heteroatoms. The van der Waals surface area contributed by atoms with Crippen LogP contribution >= 0.6 is 0 Å². The summed E-state index contributed by atoms with van der Waals surface area (Å²) in [6, 6.07) is 14.3. The zero-order valence-electron chi connectivity index (χ0n) is 15.8. The number of rotatable bonds is 4. The van der Waals surface area contributed by atoms with E-state index in [0.29, 0.717) is 12.0 Å². The maximum atomic E-state index is 10.7. The lowest BCUT2D eigenvalue weighted by molar-refractivity contribution is -0.368. The molecule has 0 saturated carbocycles. The van der Waals surface area contributed by atoms with Crippen LogP contribution in [-0.4, -0.2) is 51.4 Å². The molecule has 2 aromatic carbocycles. The molecule has 6 nitrogen and oxygen atoms in total. The molecule has 2 unspecified atom stereocenters. The van der Waals surface area contributed by atoms with Crippen molar-refractivity contribution in [3.63, 3.8) is 0 Å². The number of aryl methyl sites for hydroxylation is 1. The average molecular weight is 386 g/mol. The lowest BCUT2D eigenvalue weighted by atomic mass is 9.86. The van der Waals surface area contributed by atoms with E-state index in [1.165, 1.54) is 11.1 Å². The summed E-state index contributed by atoms with van der Waals surface area (Å²) in [5.41, 5.74) is 4.95. The summed E-state index contributed by atoms with van der Waals surface area (Å²) < 4.78 is 11.6. The SMILES string of the molecule is CCc1ccc(Cc2ccc3c(c2)[C@]2(OC3)OC(CO)[C@@H](O)[C@H](O)C2O)cc1. The smallest absolute Gasteiger partial charge is 0.225 e. The molecule has 4 rings (SSSR count). The lowest BCUT2D eigenvalue weighted by Gasteiger charge is -2.46. The average Bonchev–Trinajstić information content (AvgIpc) is 3.08. The third kappa shape index (κ3) is 3.16. The van der Waals surface area contributed by atoms with Crippen LogP contribution in [0.25, 0.3) is 0 Å². The van der Waals surface area contributed by atoms with E-state index in [-0.39, 0.29) is 6.61 Å². The second kappa shape index (κ2) is 7.55. The van der Waals surface area contributed by atoms with Crippen LogP contribution in [0.15, 0.2) is 42.5 Å². The predicted octanol–water partition coefficient (Wildman–Crippen LogP) is 0.997. The van der Waals surface area contributed by atoms with Gasteiger partial charge in [-0.2, -0.15) is 0 Å². The molecule has 0 bridgehead atoms. The fourth-order valence-corrected chi connectivity index (χ4v) is 4.06. The summed E-state index contributed by atoms with van der Waals surface area (Å²) in [4.78, 5) is 0. The Hall–Kier alpha value is -1.80. The van der Waals surface area contributed by atoms with Gasteiger partial charge in [-0.3, -0.25) is 0 Å². The van der Waals surface area contributed by atoms with Gasteiger partial charge >= 0.3 is 0 Å². The molecule has 1 fully saturated rings. The molecule has 2 aromatic rings. The predicted molar refractivity (Wildman–Crippen MR) is 102 cm³/mol. The molecule has 0 aromatic heterocycles. The maximum Gasteiger partial charge on any atom is 0.225 e. The number of hydrogen-bond acceptors (Lipinski definition) is 6. The first-order chi connectivity index (χ1) is 13.5. The fourth-order valence-electron chi connectivity index (χ4n) is 4.06. The van der Waals surface area contributed by atoms with E-state index < -0.39 is 36.8 Å². The standard InChI is InChI=1S/C22H26O6/c1-2-13-3-5-14(6-4-13)9-15-7-8-16-12-27-22(17(16)10-15)21(26)20(25)19(24)18(11-23)28-22/h3-8,10,18-21,23-26H,2,9,11-12H2,1H3/t18?,19-,20+,21?,22+/m1/s1. The van der Waals surface area contributed by atoms with Crippen LogP contribution in [0.4, 0.5) is 0 Å². The highest BCUT2D eigenvalue weighted by atomic mass is 16.7. The number of aliphatic hydroxyl groups excluding tert-OH is 4. The second-order valence-electron chi connectivity index (χ2n) is 7.56. The third-order valence-corrected chi connectivity index (χ3v) is 5.78. The van der Waals surface area contributed by atoms with Crippen molar-refractivity contribution in [2.75, 3.05) is 6.61 Å². The molecule has 2 aliphatic rings. The van der Waals surface area contributed by atoms with Crippen LogP contribution in [0.3, 0.4) is 0 Å². The van der Waals surface area contributed by atoms with Gasteiger partial charge in [-0.25, -0.2) is 0 Å². The summed E-state index contributed by atoms with van der Waals surface area (Å²) in [5.74, 6) is -1.59. The Morgan fingerprint density at radius 3 is 2.32 bits per heavy atom. The summed E-state index contributed by atoms with van der Waals surface area (Å²) >= 11 is 0. The van der Waals surface area contributed by atoms with Gasteiger partial charge in [0.2, 0.25) is 5.79 Å². The highest BCUT2D eigenvalue weighted by molar-refractivity contribution is 5.41. The minimum absolute atomic E-state index is 0.221. The lowest BCUT2D eigenvalue weighted by Crippen LogP contribution is -2.63. The number of hydrogen-bond donors (Lipinski definition) is 4. The molecule has 150 valence electrons. The van der Waals surface area contributed by atoms with Crippen molar-refractivity contribution in [3.05, 3.63) is 70.3 Å². The van der Waals surface area contributed by atoms with Crippen molar-refractivity contribution in [2.24, 2.45) is 0 Å². The summed E-state index contributed by atoms with van der Waals surface area (Å²) in [6.07, 6.45) is -3.69. The second-order valence-corrected chi connectivity index (χ2v) is 7.56. The fraction of sp³-hybridized carbons (Fsp3) is 0.455. The third-order valence-electron chi connectivity index (χ3n) is 5.78. The minimum Gasteiger partial charge on any atom is -0.394 e. The monoisotopic (exact) mass is 386 g/mol. The largest absolute Gasteiger partial charge is 0.394 e. The quantitative estimate of drug-likeness (QED) is 0.626. The molecule has 0 aliphatic carbocycles. The van der Waals surface area contributed by atoms with E-state index in [4.69, 9.17) is 9.47 Å². The van der Waals surface area contributed by atoms with Crippen LogP contribution in [0, 0.1) is 0 Å². The normalized spacial score (nSPS) is 31.9. The van der Waals surface area contributed by atoms with Gasteiger partial charge in [-0.15, -0.1) is 0 Å². The van der Waals surface area contributed by atoms with Crippen molar-refractivity contribution < 1.29 is 29.9 Å². The molecule has 1 spiro atoms. The maximum absolute atomic E-state index is 10.7. The van der Waals surface area contributed by atoms with E-state index in [2.05, 4.69) is 31.2 Å². The van der Waals surface area contributed by atoms with E-state index in [9.17, 15) is 20.4 Å². The van der Waals surface area contributed by atoms with E-state index in [0.717, 1.165) is 17.5 Å². The Morgan fingerprint density at radius 2 is 1.64 bits per heavy atom. The van der Waals surface area contributed by atoms with Crippen molar-refractivity contribution in [1.82, 2.24) is 0 Å². The van der Waals surface area contributed by atoms with Gasteiger partial charge in [-0.05, 0) is 41.2 Å². The Labute approximate surface area is 164 Å². The summed E-state index contributed by atoms with van der Waals surface area (Å²) in [5, 5.41) is 40.5. The zero-order chi connectivity index (χ0) is 19.9. The van der Waals surface area contributed by atoms with E-state index in [1.807, 2.05) is 18.2 Å². The van der Waals surface area contributed by atoms with Gasteiger partial charge in [0.05, 0.1) is 13.2 Å². The van der Waals surface area contributed by atoms with Crippen molar-refractivity contribution in [2.45, 2.75) is 56.6 Å². The molecule has 5 atom stereocenters. The minimum atomic E-state index is -1.59. The van der Waals surface area contributed by atoms with Gasteiger partial charge in [-0.1, -0.05) is 43.3 Å². The Morgan fingerprint density at radius 1 is 0.964 bits per heavy atom. The van der Waals surface area contributed by atoms with Gasteiger partial charge in [0.25, 0.3) is 0 Å². The molecule has 0 radical (unpaired) electrons. The molecular formula is C22H26O6. The number of fused-ring (bicyclic) bond motifs is 2. The molecular weight excluding hydrogens is 360 g/mol. The topological polar surface area (TPSA) is 99.4 Å².